The summed E-state index contributed by atoms with van der Waals surface area (Å²) in [4.78, 5) is 11.3. The molecule has 35 heavy (non-hydrogen) atoms. The quantitative estimate of drug-likeness (QED) is 0.149. The number of rotatable bonds is 7. The summed E-state index contributed by atoms with van der Waals surface area (Å²) in [7, 11) is 0. The van der Waals surface area contributed by atoms with E-state index in [0.29, 0.717) is 0 Å². The van der Waals surface area contributed by atoms with Crippen LogP contribution in [0.3, 0.4) is 0 Å². The number of aliphatic hydroxyl groups is 10. The number of hydrogen-bond donors (Lipinski definition) is 11. The van der Waals surface area contributed by atoms with Crippen LogP contribution in [0.4, 0.5) is 0 Å². The average molecular weight is 518 g/mol. The fourth-order valence-corrected chi connectivity index (χ4v) is 4.03. The van der Waals surface area contributed by atoms with Crippen molar-refractivity contribution in [3.8, 4) is 0 Å². The summed E-state index contributed by atoms with van der Waals surface area (Å²) in [6.07, 6.45) is -27.9. The van der Waals surface area contributed by atoms with Crippen LogP contribution in [0.25, 0.3) is 0 Å². The minimum atomic E-state index is -2.05. The molecule has 3 rings (SSSR count). The fourth-order valence-electron chi connectivity index (χ4n) is 4.03. The van der Waals surface area contributed by atoms with Gasteiger partial charge in [0.2, 0.25) is 0 Å². The summed E-state index contributed by atoms with van der Waals surface area (Å²) in [6, 6.07) is 0. The molecule has 17 heteroatoms. The summed E-state index contributed by atoms with van der Waals surface area (Å²) < 4.78 is 25.8. The van der Waals surface area contributed by atoms with E-state index in [0.717, 1.165) is 0 Å². The van der Waals surface area contributed by atoms with Crippen LogP contribution in [0.5, 0.6) is 0 Å². The number of carboxylic acid groups (broad SMARTS) is 1. The fraction of sp³-hybridized carbons (Fsp3) is 0.944. The molecule has 3 heterocycles. The maximum atomic E-state index is 11.3. The van der Waals surface area contributed by atoms with E-state index in [2.05, 4.69) is 0 Å². The Bertz CT molecular complexity index is 711. The highest BCUT2D eigenvalue weighted by atomic mass is 16.7. The number of carbonyl (C=O) groups is 1. The van der Waals surface area contributed by atoms with Crippen molar-refractivity contribution in [2.24, 2.45) is 0 Å². The smallest absolute Gasteiger partial charge is 0.335 e. The maximum absolute atomic E-state index is 11.3. The first-order valence-corrected chi connectivity index (χ1v) is 10.6. The average Bonchev–Trinajstić information content (AvgIpc) is 2.82. The van der Waals surface area contributed by atoms with Gasteiger partial charge in [-0.15, -0.1) is 0 Å². The summed E-state index contributed by atoms with van der Waals surface area (Å²) >= 11 is 0. The van der Waals surface area contributed by atoms with Crippen LogP contribution in [0.1, 0.15) is 0 Å². The highest BCUT2D eigenvalue weighted by Gasteiger charge is 2.54. The topological polar surface area (TPSA) is 286 Å². The van der Waals surface area contributed by atoms with Crippen LogP contribution in [0.2, 0.25) is 0 Å². The van der Waals surface area contributed by atoms with Gasteiger partial charge < -0.3 is 79.9 Å². The number of aliphatic hydroxyl groups excluding tert-OH is 10. The monoisotopic (exact) mass is 518 g/mol. The normalized spacial score (nSPS) is 51.2. The third kappa shape index (κ3) is 5.59. The molecule has 15 atom stereocenters. The van der Waals surface area contributed by atoms with Gasteiger partial charge in [-0.2, -0.15) is 0 Å². The largest absolute Gasteiger partial charge is 0.479 e. The van der Waals surface area contributed by atoms with Gasteiger partial charge in [-0.3, -0.25) is 0 Å². The predicted octanol–water partition coefficient (Wildman–Crippen LogP) is -7.48. The zero-order valence-electron chi connectivity index (χ0n) is 17.9. The van der Waals surface area contributed by atoms with Crippen LogP contribution in [0.15, 0.2) is 0 Å². The Balaban J connectivity index is 1.80. The molecule has 0 bridgehead atoms. The van der Waals surface area contributed by atoms with Crippen LogP contribution in [-0.4, -0.2) is 167 Å². The second kappa shape index (κ2) is 11.5. The van der Waals surface area contributed by atoms with Gasteiger partial charge in [-0.05, 0) is 0 Å². The lowest BCUT2D eigenvalue weighted by atomic mass is 9.96. The van der Waals surface area contributed by atoms with Crippen LogP contribution >= 0.6 is 0 Å². The molecule has 0 aromatic heterocycles. The lowest BCUT2D eigenvalue weighted by Crippen LogP contribution is -2.67. The van der Waals surface area contributed by atoms with Crippen molar-refractivity contribution in [1.82, 2.24) is 0 Å². The highest BCUT2D eigenvalue weighted by Crippen LogP contribution is 2.32. The predicted molar refractivity (Wildman–Crippen MR) is 102 cm³/mol. The zero-order valence-corrected chi connectivity index (χ0v) is 17.9. The van der Waals surface area contributed by atoms with Gasteiger partial charge in [0, 0.05) is 0 Å². The van der Waals surface area contributed by atoms with Crippen LogP contribution in [-0.2, 0) is 28.5 Å². The summed E-state index contributed by atoms with van der Waals surface area (Å²) in [5.41, 5.74) is 0. The van der Waals surface area contributed by atoms with E-state index in [1.54, 1.807) is 0 Å². The Kier molecular flexibility index (Phi) is 9.35. The minimum absolute atomic E-state index is 0.779. The standard InChI is InChI=1S/C18H30O17/c19-1-3-5(21)12(10(26)16(30)31-3)33-18-11(27)13(6(22)4(2-20)32-18)34-17-9(25)7(23)8(24)14(35-17)15(28)29/h3-14,16-27,30H,1-2H2,(H,28,29)/t3-,4-,5+,6+,7+,8+,9-,10-,11-,12+,13+,14+,16-,17-,18+/m1/s1. The second-order valence-electron chi connectivity index (χ2n) is 8.37. The van der Waals surface area contributed by atoms with Crippen molar-refractivity contribution < 1.29 is 84.7 Å². The molecule has 0 saturated carbocycles. The molecule has 0 aromatic carbocycles. The molecule has 17 nitrogen and oxygen atoms in total. The number of carboxylic acids is 1. The van der Waals surface area contributed by atoms with E-state index in [-0.39, 0.29) is 0 Å². The SMILES string of the molecule is O=C(O)[C@H]1O[C@@H](O[C@H]2[C@@H](O)[C@@H](CO)O[C@@H](O[C@@H]3[C@@H](O)[C@H](O)O[C@H](CO)[C@@H]3O)[C@@H]2O)[C@H](O)[C@@H](O)[C@@H]1O. The van der Waals surface area contributed by atoms with Crippen molar-refractivity contribution in [3.63, 3.8) is 0 Å². The molecule has 3 aliphatic rings. The van der Waals surface area contributed by atoms with Crippen molar-refractivity contribution in [2.75, 3.05) is 13.2 Å². The summed E-state index contributed by atoms with van der Waals surface area (Å²) in [5.74, 6) is -1.71. The zero-order chi connectivity index (χ0) is 26.2. The van der Waals surface area contributed by atoms with Gasteiger partial charge >= 0.3 is 5.97 Å². The maximum Gasteiger partial charge on any atom is 0.335 e. The molecule has 0 spiro atoms. The number of hydrogen-bond acceptors (Lipinski definition) is 16. The molecule has 3 saturated heterocycles. The van der Waals surface area contributed by atoms with Crippen molar-refractivity contribution in [3.05, 3.63) is 0 Å². The van der Waals surface area contributed by atoms with Gasteiger partial charge in [0.25, 0.3) is 0 Å². The lowest BCUT2D eigenvalue weighted by Gasteiger charge is -2.47. The van der Waals surface area contributed by atoms with E-state index in [4.69, 9.17) is 28.8 Å². The van der Waals surface area contributed by atoms with Gasteiger partial charge in [-0.25, -0.2) is 4.79 Å². The molecule has 204 valence electrons. The van der Waals surface area contributed by atoms with Crippen molar-refractivity contribution in [2.45, 2.75) is 92.1 Å². The van der Waals surface area contributed by atoms with E-state index < -0.39 is 111 Å². The van der Waals surface area contributed by atoms with Gasteiger partial charge in [0.1, 0.15) is 67.1 Å². The first-order chi connectivity index (χ1) is 16.4. The third-order valence-corrected chi connectivity index (χ3v) is 6.06. The molecular formula is C18H30O17. The van der Waals surface area contributed by atoms with E-state index >= 15 is 0 Å². The Morgan fingerprint density at radius 1 is 0.600 bits per heavy atom. The molecule has 0 aromatic rings. The molecule has 3 aliphatic heterocycles. The Morgan fingerprint density at radius 3 is 1.60 bits per heavy atom. The molecule has 11 N–H and O–H groups in total. The minimum Gasteiger partial charge on any atom is -0.479 e. The molecule has 0 amide bonds. The Labute approximate surface area is 196 Å². The molecule has 0 unspecified atom stereocenters. The molecule has 0 radical (unpaired) electrons. The number of aliphatic carboxylic acids is 1. The lowest BCUT2D eigenvalue weighted by molar-refractivity contribution is -0.377. The summed E-state index contributed by atoms with van der Waals surface area (Å²) in [5, 5.41) is 109. The number of ether oxygens (including phenoxy) is 5. The highest BCUT2D eigenvalue weighted by molar-refractivity contribution is 5.73. The molecule has 3 fully saturated rings. The van der Waals surface area contributed by atoms with E-state index in [1.807, 2.05) is 0 Å². The van der Waals surface area contributed by atoms with Crippen LogP contribution < -0.4 is 0 Å². The third-order valence-electron chi connectivity index (χ3n) is 6.06. The van der Waals surface area contributed by atoms with E-state index in [9.17, 15) is 55.9 Å². The first-order valence-electron chi connectivity index (χ1n) is 10.6. The van der Waals surface area contributed by atoms with Gasteiger partial charge in [0.15, 0.2) is 25.0 Å². The Hall–Kier alpha value is -1.13. The molecule has 0 aliphatic carbocycles. The first kappa shape index (κ1) is 28.4. The Morgan fingerprint density at radius 2 is 1.09 bits per heavy atom. The summed E-state index contributed by atoms with van der Waals surface area (Å²) in [6.45, 7) is -1.65. The molecular weight excluding hydrogens is 488 g/mol. The van der Waals surface area contributed by atoms with E-state index in [1.165, 1.54) is 0 Å². The van der Waals surface area contributed by atoms with Crippen molar-refractivity contribution in [1.29, 1.82) is 0 Å². The van der Waals surface area contributed by atoms with Crippen LogP contribution in [0, 0.1) is 0 Å². The second-order valence-corrected chi connectivity index (χ2v) is 8.37. The van der Waals surface area contributed by atoms with Crippen molar-refractivity contribution >= 4 is 5.97 Å². The van der Waals surface area contributed by atoms with Gasteiger partial charge in [0.05, 0.1) is 13.2 Å². The van der Waals surface area contributed by atoms with Gasteiger partial charge in [-0.1, -0.05) is 0 Å².